The molecule has 0 aliphatic carbocycles. The quantitative estimate of drug-likeness (QED) is 0.890. The highest BCUT2D eigenvalue weighted by molar-refractivity contribution is 5.85. The molecule has 1 unspecified atom stereocenters. The maximum Gasteiger partial charge on any atom is 0.239 e. The fourth-order valence-electron chi connectivity index (χ4n) is 2.92. The minimum atomic E-state index is -0.437. The highest BCUT2D eigenvalue weighted by atomic mass is 35.5. The fraction of sp³-hybridized carbons (Fsp3) is 0.588. The van der Waals surface area contributed by atoms with Crippen molar-refractivity contribution >= 4 is 18.3 Å². The van der Waals surface area contributed by atoms with Crippen LogP contribution >= 0.6 is 12.4 Å². The third-order valence-corrected chi connectivity index (χ3v) is 4.31. The molecule has 1 aliphatic heterocycles. The number of hydrogen-bond acceptors (Lipinski definition) is 4. The summed E-state index contributed by atoms with van der Waals surface area (Å²) < 4.78 is 10.6. The largest absolute Gasteiger partial charge is 0.496 e. The van der Waals surface area contributed by atoms with Crippen molar-refractivity contribution in [3.8, 4) is 5.75 Å². The maximum absolute atomic E-state index is 12.5. The normalized spacial score (nSPS) is 16.3. The highest BCUT2D eigenvalue weighted by Crippen LogP contribution is 2.21. The van der Waals surface area contributed by atoms with Gasteiger partial charge in [0.25, 0.3) is 0 Å². The number of benzene rings is 1. The number of ether oxygens (including phenoxy) is 2. The molecule has 0 bridgehead atoms. The standard InChI is InChI=1S/C17H26N2O3.ClH/c1-12-10-13(4-5-15(12)21-3)11-19(2)17(20)16(18)14-6-8-22-9-7-14;/h4-5,10,14,16H,6-9,11,18H2,1-3H3;1H. The number of halogens is 1. The molecule has 0 spiro atoms. The van der Waals surface area contributed by atoms with Gasteiger partial charge >= 0.3 is 0 Å². The van der Waals surface area contributed by atoms with Gasteiger partial charge in [-0.25, -0.2) is 0 Å². The van der Waals surface area contributed by atoms with E-state index in [9.17, 15) is 4.79 Å². The molecule has 2 N–H and O–H groups in total. The van der Waals surface area contributed by atoms with Crippen LogP contribution in [0.4, 0.5) is 0 Å². The average molecular weight is 343 g/mol. The molecule has 1 aromatic carbocycles. The van der Waals surface area contributed by atoms with Crippen LogP contribution in [0.2, 0.25) is 0 Å². The summed E-state index contributed by atoms with van der Waals surface area (Å²) in [5.41, 5.74) is 8.30. The second-order valence-electron chi connectivity index (χ2n) is 5.97. The number of amides is 1. The summed E-state index contributed by atoms with van der Waals surface area (Å²) >= 11 is 0. The van der Waals surface area contributed by atoms with Crippen LogP contribution in [0.15, 0.2) is 18.2 Å². The van der Waals surface area contributed by atoms with E-state index in [2.05, 4.69) is 0 Å². The van der Waals surface area contributed by atoms with E-state index < -0.39 is 6.04 Å². The molecule has 1 amide bonds. The highest BCUT2D eigenvalue weighted by Gasteiger charge is 2.28. The van der Waals surface area contributed by atoms with Crippen LogP contribution in [0.25, 0.3) is 0 Å². The van der Waals surface area contributed by atoms with E-state index in [0.717, 1.165) is 29.7 Å². The number of carbonyl (C=O) groups excluding carboxylic acids is 1. The van der Waals surface area contributed by atoms with Gasteiger partial charge in [-0.2, -0.15) is 0 Å². The Morgan fingerprint density at radius 3 is 2.65 bits per heavy atom. The lowest BCUT2D eigenvalue weighted by atomic mass is 9.91. The smallest absolute Gasteiger partial charge is 0.239 e. The Morgan fingerprint density at radius 1 is 1.43 bits per heavy atom. The number of aryl methyl sites for hydroxylation is 1. The zero-order valence-electron chi connectivity index (χ0n) is 14.1. The second-order valence-corrected chi connectivity index (χ2v) is 5.97. The lowest BCUT2D eigenvalue weighted by molar-refractivity contribution is -0.133. The Labute approximate surface area is 144 Å². The van der Waals surface area contributed by atoms with E-state index in [1.165, 1.54) is 0 Å². The minimum absolute atomic E-state index is 0. The number of hydrogen-bond donors (Lipinski definition) is 1. The predicted octanol–water partition coefficient (Wildman–Crippen LogP) is 2.14. The third kappa shape index (κ3) is 5.09. The first kappa shape index (κ1) is 19.7. The summed E-state index contributed by atoms with van der Waals surface area (Å²) in [6.45, 7) is 3.96. The molecule has 1 saturated heterocycles. The van der Waals surface area contributed by atoms with Gasteiger partial charge in [0.2, 0.25) is 5.91 Å². The van der Waals surface area contributed by atoms with Crippen LogP contribution in [-0.2, 0) is 16.1 Å². The topological polar surface area (TPSA) is 64.8 Å². The van der Waals surface area contributed by atoms with Gasteiger partial charge in [0.15, 0.2) is 0 Å². The number of carbonyl (C=O) groups is 1. The van der Waals surface area contributed by atoms with Gasteiger partial charge in [-0.1, -0.05) is 12.1 Å². The Hall–Kier alpha value is -1.30. The van der Waals surface area contributed by atoms with Crippen molar-refractivity contribution < 1.29 is 14.3 Å². The lowest BCUT2D eigenvalue weighted by Crippen LogP contribution is -2.47. The third-order valence-electron chi connectivity index (χ3n) is 4.31. The van der Waals surface area contributed by atoms with E-state index in [0.29, 0.717) is 19.8 Å². The monoisotopic (exact) mass is 342 g/mol. The molecule has 0 radical (unpaired) electrons. The van der Waals surface area contributed by atoms with Gasteiger partial charge in [0.05, 0.1) is 13.2 Å². The number of nitrogens with zero attached hydrogens (tertiary/aromatic N) is 1. The number of rotatable bonds is 5. The van der Waals surface area contributed by atoms with Gasteiger partial charge in [0, 0.05) is 26.8 Å². The molecule has 1 heterocycles. The molecule has 6 heteroatoms. The van der Waals surface area contributed by atoms with Gasteiger partial charge in [-0.15, -0.1) is 12.4 Å². The SMILES string of the molecule is COc1ccc(CN(C)C(=O)C(N)C2CCOCC2)cc1C.Cl. The van der Waals surface area contributed by atoms with E-state index in [1.807, 2.05) is 25.1 Å². The Morgan fingerprint density at radius 2 is 2.09 bits per heavy atom. The van der Waals surface area contributed by atoms with E-state index in [1.54, 1.807) is 19.1 Å². The van der Waals surface area contributed by atoms with Crippen molar-refractivity contribution in [2.75, 3.05) is 27.4 Å². The number of methoxy groups -OCH3 is 1. The van der Waals surface area contributed by atoms with Gasteiger partial charge in [-0.3, -0.25) is 4.79 Å². The van der Waals surface area contributed by atoms with Crippen LogP contribution in [0.3, 0.4) is 0 Å². The zero-order valence-corrected chi connectivity index (χ0v) is 14.9. The van der Waals surface area contributed by atoms with Crippen LogP contribution in [0.1, 0.15) is 24.0 Å². The van der Waals surface area contributed by atoms with E-state index >= 15 is 0 Å². The molecular formula is C17H27ClN2O3. The van der Waals surface area contributed by atoms with Crippen LogP contribution < -0.4 is 10.5 Å². The van der Waals surface area contributed by atoms with Crippen LogP contribution in [-0.4, -0.2) is 44.2 Å². The minimum Gasteiger partial charge on any atom is -0.496 e. The number of nitrogens with two attached hydrogens (primary N) is 1. The first-order chi connectivity index (χ1) is 10.5. The zero-order chi connectivity index (χ0) is 16.1. The molecule has 5 nitrogen and oxygen atoms in total. The van der Waals surface area contributed by atoms with Crippen molar-refractivity contribution in [1.82, 2.24) is 4.90 Å². The Bertz CT molecular complexity index is 519. The number of likely N-dealkylation sites (N-methyl/N-ethyl adjacent to an activating group) is 1. The molecule has 1 fully saturated rings. The first-order valence-corrected chi connectivity index (χ1v) is 7.74. The molecule has 23 heavy (non-hydrogen) atoms. The molecule has 1 aliphatic rings. The van der Waals surface area contributed by atoms with E-state index in [-0.39, 0.29) is 24.2 Å². The maximum atomic E-state index is 12.5. The van der Waals surface area contributed by atoms with Crippen molar-refractivity contribution in [3.63, 3.8) is 0 Å². The second kappa shape index (κ2) is 9.11. The summed E-state index contributed by atoms with van der Waals surface area (Å²) in [6, 6.07) is 5.52. The van der Waals surface area contributed by atoms with Gasteiger partial charge < -0.3 is 20.1 Å². The predicted molar refractivity (Wildman–Crippen MR) is 93.0 cm³/mol. The molecule has 1 atom stereocenters. The van der Waals surface area contributed by atoms with Crippen molar-refractivity contribution in [2.24, 2.45) is 11.7 Å². The van der Waals surface area contributed by atoms with Gasteiger partial charge in [0.1, 0.15) is 5.75 Å². The van der Waals surface area contributed by atoms with E-state index in [4.69, 9.17) is 15.2 Å². The average Bonchev–Trinajstić information content (AvgIpc) is 2.54. The molecule has 1 aromatic rings. The molecule has 2 rings (SSSR count). The lowest BCUT2D eigenvalue weighted by Gasteiger charge is -2.30. The summed E-state index contributed by atoms with van der Waals surface area (Å²) in [4.78, 5) is 14.2. The first-order valence-electron chi connectivity index (χ1n) is 7.74. The van der Waals surface area contributed by atoms with Crippen molar-refractivity contribution in [3.05, 3.63) is 29.3 Å². The van der Waals surface area contributed by atoms with Crippen molar-refractivity contribution in [1.29, 1.82) is 0 Å². The summed E-state index contributed by atoms with van der Waals surface area (Å²) in [7, 11) is 3.46. The van der Waals surface area contributed by atoms with Gasteiger partial charge in [-0.05, 0) is 42.9 Å². The molecular weight excluding hydrogens is 316 g/mol. The van der Waals surface area contributed by atoms with Crippen molar-refractivity contribution in [2.45, 2.75) is 32.4 Å². The Kier molecular flexibility index (Phi) is 7.82. The summed E-state index contributed by atoms with van der Waals surface area (Å²) in [6.07, 6.45) is 1.73. The Balaban J connectivity index is 0.00000264. The summed E-state index contributed by atoms with van der Waals surface area (Å²) in [5.74, 6) is 1.08. The molecule has 0 aromatic heterocycles. The van der Waals surface area contributed by atoms with Crippen LogP contribution in [0.5, 0.6) is 5.75 Å². The summed E-state index contributed by atoms with van der Waals surface area (Å²) in [5, 5.41) is 0. The van der Waals surface area contributed by atoms with Crippen LogP contribution in [0, 0.1) is 12.8 Å². The molecule has 130 valence electrons. The molecule has 0 saturated carbocycles. The fourth-order valence-corrected chi connectivity index (χ4v) is 2.92.